The second kappa shape index (κ2) is 5.95. The average Bonchev–Trinajstić information content (AvgIpc) is 3.22. The molecule has 26 heavy (non-hydrogen) atoms. The Labute approximate surface area is 151 Å². The molecule has 7 heteroatoms. The molecule has 2 aromatic rings. The first-order valence-corrected chi connectivity index (χ1v) is 8.75. The van der Waals surface area contributed by atoms with E-state index in [1.807, 2.05) is 12.1 Å². The second-order valence-corrected chi connectivity index (χ2v) is 7.39. The van der Waals surface area contributed by atoms with Crippen LogP contribution in [-0.2, 0) is 5.41 Å². The van der Waals surface area contributed by atoms with Crippen molar-refractivity contribution in [1.29, 1.82) is 0 Å². The van der Waals surface area contributed by atoms with Crippen LogP contribution in [0.4, 0.5) is 11.6 Å². The van der Waals surface area contributed by atoms with E-state index in [0.29, 0.717) is 6.54 Å². The van der Waals surface area contributed by atoms with Gasteiger partial charge in [-0.05, 0) is 57.6 Å². The zero-order valence-electron chi connectivity index (χ0n) is 14.9. The molecule has 2 aliphatic heterocycles. The Bertz CT molecular complexity index is 881. The van der Waals surface area contributed by atoms with Crippen LogP contribution in [0.2, 0.25) is 0 Å². The van der Waals surface area contributed by atoms with Crippen LogP contribution in [-0.4, -0.2) is 42.4 Å². The molecule has 0 radical (unpaired) electrons. The summed E-state index contributed by atoms with van der Waals surface area (Å²) < 4.78 is 5.15. The average molecular weight is 355 g/mol. The lowest BCUT2D eigenvalue weighted by atomic mass is 9.74. The summed E-state index contributed by atoms with van der Waals surface area (Å²) >= 11 is 0. The van der Waals surface area contributed by atoms with Crippen LogP contribution in [0.1, 0.15) is 34.5 Å². The molecule has 0 aliphatic carbocycles. The highest BCUT2D eigenvalue weighted by molar-refractivity contribution is 6.06. The van der Waals surface area contributed by atoms with Gasteiger partial charge in [0.15, 0.2) is 5.76 Å². The Morgan fingerprint density at radius 3 is 2.62 bits per heavy atom. The van der Waals surface area contributed by atoms with E-state index in [4.69, 9.17) is 4.42 Å². The molecule has 1 fully saturated rings. The summed E-state index contributed by atoms with van der Waals surface area (Å²) in [5.41, 5.74) is 3.22. The third-order valence-electron chi connectivity index (χ3n) is 5.65. The van der Waals surface area contributed by atoms with Gasteiger partial charge in [0.25, 0.3) is 5.91 Å². The predicted octanol–water partition coefficient (Wildman–Crippen LogP) is 3.12. The quantitative estimate of drug-likeness (QED) is 0.611. The molecule has 1 aromatic heterocycles. The number of furan rings is 1. The van der Waals surface area contributed by atoms with Crippen LogP contribution in [0.25, 0.3) is 0 Å². The highest BCUT2D eigenvalue weighted by Crippen LogP contribution is 2.47. The number of anilines is 1. The van der Waals surface area contributed by atoms with Gasteiger partial charge in [-0.25, -0.2) is 0 Å². The van der Waals surface area contributed by atoms with Gasteiger partial charge in [-0.1, -0.05) is 17.7 Å². The van der Waals surface area contributed by atoms with Crippen LogP contribution in [0, 0.1) is 17.0 Å². The first kappa shape index (κ1) is 16.8. The summed E-state index contributed by atoms with van der Waals surface area (Å²) in [7, 11) is 2.11. The van der Waals surface area contributed by atoms with Gasteiger partial charge < -0.3 is 14.2 Å². The Morgan fingerprint density at radius 1 is 1.23 bits per heavy atom. The first-order chi connectivity index (χ1) is 12.4. The van der Waals surface area contributed by atoms with Crippen LogP contribution in [0.15, 0.2) is 34.7 Å². The molecule has 1 amide bonds. The molecule has 0 bridgehead atoms. The Hall–Kier alpha value is -2.67. The zero-order valence-corrected chi connectivity index (χ0v) is 14.9. The maximum Gasteiger partial charge on any atom is 0.433 e. The summed E-state index contributed by atoms with van der Waals surface area (Å²) in [6.45, 7) is 4.62. The van der Waals surface area contributed by atoms with Gasteiger partial charge in [0.05, 0.1) is 6.07 Å². The van der Waals surface area contributed by atoms with E-state index in [-0.39, 0.29) is 17.1 Å². The van der Waals surface area contributed by atoms with Gasteiger partial charge >= 0.3 is 5.88 Å². The van der Waals surface area contributed by atoms with Crippen molar-refractivity contribution < 1.29 is 14.1 Å². The van der Waals surface area contributed by atoms with Gasteiger partial charge in [0.2, 0.25) is 0 Å². The Kier molecular flexibility index (Phi) is 3.84. The van der Waals surface area contributed by atoms with E-state index in [1.54, 1.807) is 4.90 Å². The molecule has 0 N–H and O–H groups in total. The normalized spacial score (nSPS) is 18.9. The number of piperidine rings is 1. The highest BCUT2D eigenvalue weighted by Gasteiger charge is 2.46. The molecule has 136 valence electrons. The van der Waals surface area contributed by atoms with Crippen molar-refractivity contribution in [3.8, 4) is 0 Å². The number of fused-ring (bicyclic) bond motifs is 2. The molecule has 7 nitrogen and oxygen atoms in total. The SMILES string of the molecule is Cc1ccc2c(c1)C1(CCN(C)CC1)CN2C(=O)c1ccc([N+](=O)[O-])o1. The molecule has 0 unspecified atom stereocenters. The number of nitrogens with zero attached hydrogens (tertiary/aromatic N) is 3. The number of carbonyl (C=O) groups is 1. The third kappa shape index (κ3) is 2.59. The molecular weight excluding hydrogens is 334 g/mol. The van der Waals surface area contributed by atoms with Crippen molar-refractivity contribution in [2.45, 2.75) is 25.2 Å². The second-order valence-electron chi connectivity index (χ2n) is 7.39. The van der Waals surface area contributed by atoms with Crippen LogP contribution in [0.5, 0.6) is 0 Å². The molecule has 2 aliphatic rings. The molecule has 1 spiro atoms. The molecular formula is C19H21N3O4. The number of rotatable bonds is 2. The summed E-state index contributed by atoms with van der Waals surface area (Å²) in [4.78, 5) is 27.3. The third-order valence-corrected chi connectivity index (χ3v) is 5.65. The fraction of sp³-hybridized carbons (Fsp3) is 0.421. The largest absolute Gasteiger partial charge is 0.433 e. The summed E-state index contributed by atoms with van der Waals surface area (Å²) in [6, 6.07) is 8.77. The number of amides is 1. The van der Waals surface area contributed by atoms with Crippen molar-refractivity contribution in [2.75, 3.05) is 31.6 Å². The number of aryl methyl sites for hydroxylation is 1. The number of hydrogen-bond donors (Lipinski definition) is 0. The number of hydrogen-bond acceptors (Lipinski definition) is 5. The zero-order chi connectivity index (χ0) is 18.5. The van der Waals surface area contributed by atoms with E-state index < -0.39 is 10.8 Å². The van der Waals surface area contributed by atoms with E-state index in [1.165, 1.54) is 23.3 Å². The fourth-order valence-electron chi connectivity index (χ4n) is 4.11. The molecule has 3 heterocycles. The number of likely N-dealkylation sites (tertiary alicyclic amines) is 1. The van der Waals surface area contributed by atoms with Gasteiger partial charge in [0, 0.05) is 17.6 Å². The lowest BCUT2D eigenvalue weighted by Gasteiger charge is -2.38. The van der Waals surface area contributed by atoms with E-state index >= 15 is 0 Å². The molecule has 4 rings (SSSR count). The molecule has 1 saturated heterocycles. The summed E-state index contributed by atoms with van der Waals surface area (Å²) in [5, 5.41) is 10.8. The number of benzene rings is 1. The highest BCUT2D eigenvalue weighted by atomic mass is 16.6. The van der Waals surface area contributed by atoms with Crippen LogP contribution in [0.3, 0.4) is 0 Å². The smallest absolute Gasteiger partial charge is 0.395 e. The lowest BCUT2D eigenvalue weighted by Crippen LogP contribution is -2.44. The van der Waals surface area contributed by atoms with Crippen molar-refractivity contribution in [3.05, 3.63) is 57.3 Å². The number of carbonyl (C=O) groups excluding carboxylic acids is 1. The van der Waals surface area contributed by atoms with E-state index in [2.05, 4.69) is 24.9 Å². The van der Waals surface area contributed by atoms with Crippen molar-refractivity contribution in [3.63, 3.8) is 0 Å². The minimum Gasteiger partial charge on any atom is -0.395 e. The minimum atomic E-state index is -0.628. The molecule has 0 saturated carbocycles. The minimum absolute atomic E-state index is 0.00759. The van der Waals surface area contributed by atoms with Gasteiger partial charge in [-0.2, -0.15) is 0 Å². The van der Waals surface area contributed by atoms with Gasteiger partial charge in [0.1, 0.15) is 4.92 Å². The van der Waals surface area contributed by atoms with Crippen LogP contribution >= 0.6 is 0 Å². The van der Waals surface area contributed by atoms with E-state index in [9.17, 15) is 14.9 Å². The van der Waals surface area contributed by atoms with Gasteiger partial charge in [-0.3, -0.25) is 14.9 Å². The van der Waals surface area contributed by atoms with E-state index in [0.717, 1.165) is 31.6 Å². The Balaban J connectivity index is 1.72. The molecule has 1 aromatic carbocycles. The standard InChI is InChI=1S/C19H21N3O4/c1-13-3-4-15-14(11-13)19(7-9-20(2)10-8-19)12-21(15)18(23)16-5-6-17(26-16)22(24)25/h3-6,11H,7-10,12H2,1-2H3. The van der Waals surface area contributed by atoms with Crippen LogP contribution < -0.4 is 4.90 Å². The summed E-state index contributed by atoms with van der Waals surface area (Å²) in [5.74, 6) is -0.724. The predicted molar refractivity (Wildman–Crippen MR) is 96.6 cm³/mol. The van der Waals surface area contributed by atoms with Crippen molar-refractivity contribution in [2.24, 2.45) is 0 Å². The number of nitro groups is 1. The fourth-order valence-corrected chi connectivity index (χ4v) is 4.11. The maximum atomic E-state index is 13.0. The molecule has 0 atom stereocenters. The van der Waals surface area contributed by atoms with Crippen molar-refractivity contribution in [1.82, 2.24) is 4.90 Å². The first-order valence-electron chi connectivity index (χ1n) is 8.75. The van der Waals surface area contributed by atoms with Crippen molar-refractivity contribution >= 4 is 17.5 Å². The monoisotopic (exact) mass is 355 g/mol. The Morgan fingerprint density at radius 2 is 1.96 bits per heavy atom. The maximum absolute atomic E-state index is 13.0. The van der Waals surface area contributed by atoms with Gasteiger partial charge in [-0.15, -0.1) is 0 Å². The lowest BCUT2D eigenvalue weighted by molar-refractivity contribution is -0.402. The summed E-state index contributed by atoms with van der Waals surface area (Å²) in [6.07, 6.45) is 1.98. The topological polar surface area (TPSA) is 79.8 Å².